The van der Waals surface area contributed by atoms with Gasteiger partial charge < -0.3 is 4.57 Å². The standard InChI is InChI=1S/C15H14Cl2N2S/c1-9(16)15-18-14-12(17)4-3-5-13(14)19(15)10(2)11-6-7-20-8-11/h3-10H,1-2H3. The summed E-state index contributed by atoms with van der Waals surface area (Å²) in [5, 5.41) is 4.74. The van der Waals surface area contributed by atoms with Crippen LogP contribution in [-0.2, 0) is 0 Å². The van der Waals surface area contributed by atoms with Crippen molar-refractivity contribution in [3.8, 4) is 0 Å². The van der Waals surface area contributed by atoms with Gasteiger partial charge in [-0.2, -0.15) is 11.3 Å². The summed E-state index contributed by atoms with van der Waals surface area (Å²) in [6.07, 6.45) is 0. The smallest absolute Gasteiger partial charge is 0.128 e. The van der Waals surface area contributed by atoms with Gasteiger partial charge >= 0.3 is 0 Å². The minimum absolute atomic E-state index is 0.167. The third-order valence-corrected chi connectivity index (χ3v) is 4.67. The topological polar surface area (TPSA) is 17.8 Å². The highest BCUT2D eigenvalue weighted by Crippen LogP contribution is 2.33. The van der Waals surface area contributed by atoms with E-state index in [9.17, 15) is 0 Å². The Balaban J connectivity index is 2.27. The predicted octanol–water partition coefficient (Wildman–Crippen LogP) is 5.66. The number of fused-ring (bicyclic) bond motifs is 1. The van der Waals surface area contributed by atoms with Gasteiger partial charge in [0.1, 0.15) is 11.3 Å². The van der Waals surface area contributed by atoms with Crippen molar-refractivity contribution in [1.82, 2.24) is 9.55 Å². The van der Waals surface area contributed by atoms with Gasteiger partial charge in [-0.15, -0.1) is 11.6 Å². The zero-order valence-electron chi connectivity index (χ0n) is 11.2. The monoisotopic (exact) mass is 324 g/mol. The quantitative estimate of drug-likeness (QED) is 0.568. The van der Waals surface area contributed by atoms with Gasteiger partial charge in [0.15, 0.2) is 0 Å². The maximum absolute atomic E-state index is 6.31. The van der Waals surface area contributed by atoms with Crippen LogP contribution in [0.3, 0.4) is 0 Å². The molecular formula is C15H14Cl2N2S. The molecular weight excluding hydrogens is 311 g/mol. The van der Waals surface area contributed by atoms with Crippen LogP contribution in [0.25, 0.3) is 11.0 Å². The van der Waals surface area contributed by atoms with Gasteiger partial charge in [0, 0.05) is 0 Å². The summed E-state index contributed by atoms with van der Waals surface area (Å²) in [6.45, 7) is 4.10. The first-order chi connectivity index (χ1) is 9.59. The molecule has 20 heavy (non-hydrogen) atoms. The second kappa shape index (κ2) is 5.40. The summed E-state index contributed by atoms with van der Waals surface area (Å²) < 4.78 is 2.18. The fourth-order valence-corrected chi connectivity index (χ4v) is 3.56. The lowest BCUT2D eigenvalue weighted by Crippen LogP contribution is -2.10. The maximum atomic E-state index is 6.31. The molecule has 0 aliphatic carbocycles. The van der Waals surface area contributed by atoms with E-state index < -0.39 is 0 Å². The number of thiophene rings is 1. The molecule has 5 heteroatoms. The zero-order chi connectivity index (χ0) is 14.3. The van der Waals surface area contributed by atoms with Crippen LogP contribution in [0.15, 0.2) is 35.0 Å². The first-order valence-corrected chi connectivity index (χ1v) is 8.18. The average Bonchev–Trinajstić information content (AvgIpc) is 3.06. The average molecular weight is 325 g/mol. The summed E-state index contributed by atoms with van der Waals surface area (Å²) >= 11 is 14.3. The van der Waals surface area contributed by atoms with Crippen LogP contribution in [0.2, 0.25) is 5.02 Å². The number of hydrogen-bond acceptors (Lipinski definition) is 2. The summed E-state index contributed by atoms with van der Waals surface area (Å²) in [4.78, 5) is 4.65. The van der Waals surface area contributed by atoms with Crippen molar-refractivity contribution in [2.45, 2.75) is 25.3 Å². The number of halogens is 2. The van der Waals surface area contributed by atoms with Gasteiger partial charge in [-0.3, -0.25) is 0 Å². The number of alkyl halides is 1. The highest BCUT2D eigenvalue weighted by atomic mass is 35.5. The fourth-order valence-electron chi connectivity index (χ4n) is 2.45. The van der Waals surface area contributed by atoms with Gasteiger partial charge in [-0.05, 0) is 48.4 Å². The van der Waals surface area contributed by atoms with Crippen molar-refractivity contribution < 1.29 is 0 Å². The zero-order valence-corrected chi connectivity index (χ0v) is 13.5. The molecule has 0 spiro atoms. The van der Waals surface area contributed by atoms with Gasteiger partial charge in [-0.1, -0.05) is 17.7 Å². The SMILES string of the molecule is CC(Cl)c1nc2c(Cl)cccc2n1C(C)c1ccsc1. The molecule has 0 radical (unpaired) electrons. The van der Waals surface area contributed by atoms with Crippen LogP contribution in [-0.4, -0.2) is 9.55 Å². The summed E-state index contributed by atoms with van der Waals surface area (Å²) in [6, 6.07) is 8.17. The molecule has 0 aliphatic rings. The maximum Gasteiger partial charge on any atom is 0.128 e. The minimum atomic E-state index is -0.167. The van der Waals surface area contributed by atoms with Gasteiger partial charge in [0.25, 0.3) is 0 Å². The van der Waals surface area contributed by atoms with Crippen LogP contribution < -0.4 is 0 Å². The van der Waals surface area contributed by atoms with Crippen molar-refractivity contribution in [3.63, 3.8) is 0 Å². The molecule has 3 aromatic rings. The van der Waals surface area contributed by atoms with E-state index in [0.29, 0.717) is 5.02 Å². The second-order valence-corrected chi connectivity index (χ2v) is 6.64. The van der Waals surface area contributed by atoms with Crippen molar-refractivity contribution in [1.29, 1.82) is 0 Å². The van der Waals surface area contributed by atoms with E-state index in [1.165, 1.54) is 5.56 Å². The Morgan fingerprint density at radius 3 is 2.70 bits per heavy atom. The number of rotatable bonds is 3. The number of nitrogens with zero attached hydrogens (tertiary/aromatic N) is 2. The lowest BCUT2D eigenvalue weighted by molar-refractivity contribution is 0.620. The van der Waals surface area contributed by atoms with Gasteiger partial charge in [0.2, 0.25) is 0 Å². The van der Waals surface area contributed by atoms with Crippen molar-refractivity contribution in [2.24, 2.45) is 0 Å². The van der Waals surface area contributed by atoms with Crippen LogP contribution in [0.4, 0.5) is 0 Å². The first-order valence-electron chi connectivity index (χ1n) is 6.42. The summed E-state index contributed by atoms with van der Waals surface area (Å²) in [5.41, 5.74) is 3.10. The second-order valence-electron chi connectivity index (χ2n) is 4.80. The molecule has 2 atom stereocenters. The summed E-state index contributed by atoms with van der Waals surface area (Å²) in [7, 11) is 0. The van der Waals surface area contributed by atoms with Crippen LogP contribution in [0, 0.1) is 0 Å². The lowest BCUT2D eigenvalue weighted by atomic mass is 10.1. The third kappa shape index (κ3) is 2.24. The Hall–Kier alpha value is -1.03. The van der Waals surface area contributed by atoms with Crippen LogP contribution in [0.1, 0.15) is 36.7 Å². The third-order valence-electron chi connectivity index (χ3n) is 3.47. The van der Waals surface area contributed by atoms with E-state index in [4.69, 9.17) is 23.2 Å². The molecule has 0 aliphatic heterocycles. The molecule has 0 amide bonds. The molecule has 0 saturated carbocycles. The molecule has 3 rings (SSSR count). The number of benzene rings is 1. The minimum Gasteiger partial charge on any atom is -0.319 e. The molecule has 0 fully saturated rings. The fraction of sp³-hybridized carbons (Fsp3) is 0.267. The first kappa shape index (κ1) is 13.9. The molecule has 2 nitrogen and oxygen atoms in total. The Bertz CT molecular complexity index is 732. The summed E-state index contributed by atoms with van der Waals surface area (Å²) in [5.74, 6) is 0.855. The van der Waals surface area contributed by atoms with E-state index in [-0.39, 0.29) is 11.4 Å². The molecule has 2 unspecified atom stereocenters. The van der Waals surface area contributed by atoms with Crippen molar-refractivity contribution in [2.75, 3.05) is 0 Å². The van der Waals surface area contributed by atoms with E-state index >= 15 is 0 Å². The van der Waals surface area contributed by atoms with E-state index in [1.807, 2.05) is 25.1 Å². The number of para-hydroxylation sites is 1. The van der Waals surface area contributed by atoms with Crippen molar-refractivity contribution >= 4 is 45.6 Å². The Morgan fingerprint density at radius 1 is 1.25 bits per heavy atom. The largest absolute Gasteiger partial charge is 0.319 e. The van der Waals surface area contributed by atoms with Gasteiger partial charge in [-0.25, -0.2) is 4.98 Å². The number of imidazole rings is 1. The molecule has 1 aromatic carbocycles. The van der Waals surface area contributed by atoms with E-state index in [2.05, 4.69) is 33.3 Å². The number of aromatic nitrogens is 2. The van der Waals surface area contributed by atoms with E-state index in [0.717, 1.165) is 16.9 Å². The Kier molecular flexibility index (Phi) is 3.76. The Morgan fingerprint density at radius 2 is 2.05 bits per heavy atom. The number of hydrogen-bond donors (Lipinski definition) is 0. The highest BCUT2D eigenvalue weighted by Gasteiger charge is 2.21. The molecule has 0 saturated heterocycles. The molecule has 2 aromatic heterocycles. The van der Waals surface area contributed by atoms with E-state index in [1.54, 1.807) is 11.3 Å². The Labute approximate surface area is 132 Å². The predicted molar refractivity (Wildman–Crippen MR) is 87.1 cm³/mol. The molecule has 0 N–H and O–H groups in total. The van der Waals surface area contributed by atoms with Crippen molar-refractivity contribution in [3.05, 3.63) is 51.4 Å². The highest BCUT2D eigenvalue weighted by molar-refractivity contribution is 7.07. The molecule has 2 heterocycles. The van der Waals surface area contributed by atoms with Crippen LogP contribution >= 0.6 is 34.5 Å². The normalized spacial score (nSPS) is 14.6. The molecule has 0 bridgehead atoms. The van der Waals surface area contributed by atoms with Crippen LogP contribution in [0.5, 0.6) is 0 Å². The molecule has 104 valence electrons. The lowest BCUT2D eigenvalue weighted by Gasteiger charge is -2.17. The van der Waals surface area contributed by atoms with Gasteiger partial charge in [0.05, 0.1) is 22.0 Å².